The number of benzene rings is 2. The smallest absolute Gasteiger partial charge is 0.311 e. The molecule has 0 saturated carbocycles. The molecule has 0 unspecified atom stereocenters. The maximum Gasteiger partial charge on any atom is 0.311 e. The monoisotopic (exact) mass is 237 g/mol. The van der Waals surface area contributed by atoms with E-state index in [1.807, 2.05) is 60.7 Å². The molecule has 0 aliphatic heterocycles. The summed E-state index contributed by atoms with van der Waals surface area (Å²) in [5.74, 6) is 0.270. The van der Waals surface area contributed by atoms with Crippen molar-refractivity contribution in [3.8, 4) is 28.7 Å². The zero-order valence-corrected chi connectivity index (χ0v) is 9.58. The molecule has 0 aliphatic carbocycles. The van der Waals surface area contributed by atoms with Crippen LogP contribution in [0.2, 0.25) is 0 Å². The van der Waals surface area contributed by atoms with E-state index in [2.05, 4.69) is 4.98 Å². The standard InChI is InChI=1S/C15H11NO2/c17-15-13(11-7-3-1-4-8-11)16-14(18-15)12-9-5-2-6-10-12/h1-10,17H. The van der Waals surface area contributed by atoms with Gasteiger partial charge in [0.25, 0.3) is 0 Å². The van der Waals surface area contributed by atoms with Crippen molar-refractivity contribution >= 4 is 0 Å². The fourth-order valence-electron chi connectivity index (χ4n) is 1.80. The van der Waals surface area contributed by atoms with Gasteiger partial charge in [0.1, 0.15) is 0 Å². The molecule has 0 fully saturated rings. The Morgan fingerprint density at radius 3 is 1.94 bits per heavy atom. The van der Waals surface area contributed by atoms with E-state index in [0.717, 1.165) is 11.1 Å². The van der Waals surface area contributed by atoms with Gasteiger partial charge in [0.2, 0.25) is 5.89 Å². The number of rotatable bonds is 2. The molecule has 0 amide bonds. The van der Waals surface area contributed by atoms with E-state index in [-0.39, 0.29) is 5.95 Å². The Labute approximate surface area is 104 Å². The molecule has 2 aromatic carbocycles. The molecule has 1 N–H and O–H groups in total. The van der Waals surface area contributed by atoms with Crippen LogP contribution in [0.15, 0.2) is 65.1 Å². The van der Waals surface area contributed by atoms with Crippen LogP contribution in [-0.2, 0) is 0 Å². The minimum Gasteiger partial charge on any atom is -0.479 e. The average molecular weight is 237 g/mol. The van der Waals surface area contributed by atoms with Gasteiger partial charge in [0.15, 0.2) is 5.69 Å². The molecule has 88 valence electrons. The first-order chi connectivity index (χ1) is 8.84. The van der Waals surface area contributed by atoms with Crippen LogP contribution in [0.5, 0.6) is 5.95 Å². The SMILES string of the molecule is Oc1oc(-c2ccccc2)nc1-c1ccccc1. The van der Waals surface area contributed by atoms with Crippen LogP contribution in [0.4, 0.5) is 0 Å². The lowest BCUT2D eigenvalue weighted by Crippen LogP contribution is -1.79. The first kappa shape index (κ1) is 10.6. The average Bonchev–Trinajstić information content (AvgIpc) is 2.83. The van der Waals surface area contributed by atoms with Crippen molar-refractivity contribution in [3.63, 3.8) is 0 Å². The fourth-order valence-corrected chi connectivity index (χ4v) is 1.80. The van der Waals surface area contributed by atoms with E-state index in [1.165, 1.54) is 0 Å². The first-order valence-electron chi connectivity index (χ1n) is 5.65. The van der Waals surface area contributed by atoms with E-state index < -0.39 is 0 Å². The molecule has 18 heavy (non-hydrogen) atoms. The molecule has 3 heteroatoms. The number of nitrogens with zero attached hydrogens (tertiary/aromatic N) is 1. The molecular formula is C15H11NO2. The van der Waals surface area contributed by atoms with Crippen LogP contribution in [0.3, 0.4) is 0 Å². The van der Waals surface area contributed by atoms with E-state index >= 15 is 0 Å². The Morgan fingerprint density at radius 2 is 1.33 bits per heavy atom. The maximum atomic E-state index is 9.82. The summed E-state index contributed by atoms with van der Waals surface area (Å²) < 4.78 is 5.30. The van der Waals surface area contributed by atoms with Gasteiger partial charge in [-0.25, -0.2) is 4.98 Å². The summed E-state index contributed by atoms with van der Waals surface area (Å²) in [6.45, 7) is 0. The summed E-state index contributed by atoms with van der Waals surface area (Å²) in [6.07, 6.45) is 0. The topological polar surface area (TPSA) is 46.3 Å². The van der Waals surface area contributed by atoms with Crippen LogP contribution in [-0.4, -0.2) is 10.1 Å². The molecule has 0 aliphatic rings. The third kappa shape index (κ3) is 1.86. The molecule has 3 nitrogen and oxygen atoms in total. The zero-order valence-electron chi connectivity index (χ0n) is 9.58. The third-order valence-electron chi connectivity index (χ3n) is 2.68. The predicted molar refractivity (Wildman–Crippen MR) is 69.0 cm³/mol. The molecule has 0 atom stereocenters. The molecule has 0 saturated heterocycles. The lowest BCUT2D eigenvalue weighted by molar-refractivity contribution is 0.339. The Balaban J connectivity index is 2.07. The van der Waals surface area contributed by atoms with Gasteiger partial charge >= 0.3 is 5.95 Å². The predicted octanol–water partition coefficient (Wildman–Crippen LogP) is 3.71. The minimum atomic E-state index is -0.153. The highest BCUT2D eigenvalue weighted by molar-refractivity contribution is 5.67. The molecule has 3 rings (SSSR count). The molecule has 1 heterocycles. The second-order valence-electron chi connectivity index (χ2n) is 3.90. The summed E-state index contributed by atoms with van der Waals surface area (Å²) >= 11 is 0. The van der Waals surface area contributed by atoms with Crippen molar-refractivity contribution in [2.24, 2.45) is 0 Å². The first-order valence-corrected chi connectivity index (χ1v) is 5.65. The number of hydrogen-bond acceptors (Lipinski definition) is 3. The van der Waals surface area contributed by atoms with Crippen molar-refractivity contribution < 1.29 is 9.52 Å². The van der Waals surface area contributed by atoms with Crippen molar-refractivity contribution in [3.05, 3.63) is 60.7 Å². The summed E-state index contributed by atoms with van der Waals surface area (Å²) in [4.78, 5) is 4.33. The van der Waals surface area contributed by atoms with E-state index in [1.54, 1.807) is 0 Å². The van der Waals surface area contributed by atoms with Gasteiger partial charge in [-0.05, 0) is 12.1 Å². The van der Waals surface area contributed by atoms with Crippen LogP contribution < -0.4 is 0 Å². The van der Waals surface area contributed by atoms with E-state index in [9.17, 15) is 5.11 Å². The molecule has 0 spiro atoms. The second-order valence-corrected chi connectivity index (χ2v) is 3.90. The Kier molecular flexibility index (Phi) is 2.57. The largest absolute Gasteiger partial charge is 0.479 e. The minimum absolute atomic E-state index is 0.153. The number of aromatic hydroxyl groups is 1. The summed E-state index contributed by atoms with van der Waals surface area (Å²) in [6, 6.07) is 19.0. The highest BCUT2D eigenvalue weighted by atomic mass is 16.5. The van der Waals surface area contributed by atoms with E-state index in [0.29, 0.717) is 11.6 Å². The fraction of sp³-hybridized carbons (Fsp3) is 0. The van der Waals surface area contributed by atoms with Gasteiger partial charge in [-0.3, -0.25) is 0 Å². The van der Waals surface area contributed by atoms with Gasteiger partial charge in [-0.1, -0.05) is 48.5 Å². The van der Waals surface area contributed by atoms with Crippen molar-refractivity contribution in [1.82, 2.24) is 4.98 Å². The molecule has 1 aromatic heterocycles. The molecule has 0 bridgehead atoms. The Hall–Kier alpha value is -2.55. The second kappa shape index (κ2) is 4.37. The highest BCUT2D eigenvalue weighted by Gasteiger charge is 2.14. The van der Waals surface area contributed by atoms with Gasteiger partial charge in [-0.2, -0.15) is 0 Å². The van der Waals surface area contributed by atoms with Crippen LogP contribution in [0.25, 0.3) is 22.7 Å². The summed E-state index contributed by atoms with van der Waals surface area (Å²) in [5.41, 5.74) is 2.14. The molecule has 0 radical (unpaired) electrons. The Morgan fingerprint density at radius 1 is 0.778 bits per heavy atom. The van der Waals surface area contributed by atoms with Crippen molar-refractivity contribution in [2.45, 2.75) is 0 Å². The van der Waals surface area contributed by atoms with Crippen LogP contribution in [0.1, 0.15) is 0 Å². The highest BCUT2D eigenvalue weighted by Crippen LogP contribution is 2.33. The van der Waals surface area contributed by atoms with Gasteiger partial charge < -0.3 is 9.52 Å². The normalized spacial score (nSPS) is 10.4. The van der Waals surface area contributed by atoms with Gasteiger partial charge in [0, 0.05) is 11.1 Å². The van der Waals surface area contributed by atoms with Crippen molar-refractivity contribution in [1.29, 1.82) is 0 Å². The zero-order chi connectivity index (χ0) is 12.4. The van der Waals surface area contributed by atoms with Gasteiger partial charge in [-0.15, -0.1) is 0 Å². The third-order valence-corrected chi connectivity index (χ3v) is 2.68. The van der Waals surface area contributed by atoms with Crippen molar-refractivity contribution in [2.75, 3.05) is 0 Å². The molecular weight excluding hydrogens is 226 g/mol. The van der Waals surface area contributed by atoms with Crippen LogP contribution in [0, 0.1) is 0 Å². The van der Waals surface area contributed by atoms with Gasteiger partial charge in [0.05, 0.1) is 0 Å². The quantitative estimate of drug-likeness (QED) is 0.739. The summed E-state index contributed by atoms with van der Waals surface area (Å²) in [7, 11) is 0. The number of oxazole rings is 1. The van der Waals surface area contributed by atoms with E-state index in [4.69, 9.17) is 4.42 Å². The lowest BCUT2D eigenvalue weighted by atomic mass is 10.2. The number of aromatic nitrogens is 1. The Bertz CT molecular complexity index is 645. The molecule has 3 aromatic rings. The lowest BCUT2D eigenvalue weighted by Gasteiger charge is -1.94. The summed E-state index contributed by atoms with van der Waals surface area (Å²) in [5, 5.41) is 9.82. The van der Waals surface area contributed by atoms with Crippen LogP contribution >= 0.6 is 0 Å². The maximum absolute atomic E-state index is 9.82. The number of hydrogen-bond donors (Lipinski definition) is 1.